The van der Waals surface area contributed by atoms with Crippen LogP contribution >= 0.6 is 11.3 Å². The van der Waals surface area contributed by atoms with E-state index >= 15 is 0 Å². The average molecular weight is 450 g/mol. The number of alkyl halides is 3. The molecule has 0 aliphatic carbocycles. The van der Waals surface area contributed by atoms with Gasteiger partial charge in [-0.15, -0.1) is 11.3 Å². The normalized spacial score (nSPS) is 11.5. The van der Waals surface area contributed by atoms with Crippen LogP contribution < -0.4 is 4.74 Å². The number of aromatic nitrogens is 2. The van der Waals surface area contributed by atoms with Crippen molar-refractivity contribution in [2.45, 2.75) is 38.8 Å². The van der Waals surface area contributed by atoms with Crippen molar-refractivity contribution >= 4 is 17.3 Å². The number of carboxylic acids is 1. The lowest BCUT2D eigenvalue weighted by molar-refractivity contribution is -0.139. The minimum atomic E-state index is -4.51. The van der Waals surface area contributed by atoms with Crippen LogP contribution in [0.4, 0.5) is 13.2 Å². The molecule has 2 aromatic heterocycles. The molecule has 0 spiro atoms. The van der Waals surface area contributed by atoms with Crippen molar-refractivity contribution in [3.8, 4) is 17.1 Å². The van der Waals surface area contributed by atoms with E-state index in [1.807, 2.05) is 6.92 Å². The molecule has 0 aliphatic heterocycles. The number of carboxylic acid groups (broad SMARTS) is 1. The van der Waals surface area contributed by atoms with Gasteiger partial charge < -0.3 is 9.84 Å². The predicted octanol–water partition coefficient (Wildman–Crippen LogP) is 6.08. The standard InChI is InChI=1S/C22H21F3N2O3S/c1-2-3-4-9-30-19-8-5-14(10-16(19)22(23,24)25)11-20-27-18(13-31-20)17-7-6-15(12-26-17)21(28)29/h5-8,10,12-13H,2-4,9,11H2,1H3,(H,28,29). The SMILES string of the molecule is CCCCCOc1ccc(Cc2nc(-c3ccc(C(=O)O)cn3)cs2)cc1C(F)(F)F. The molecule has 0 amide bonds. The number of aromatic carboxylic acids is 1. The number of halogens is 3. The highest BCUT2D eigenvalue weighted by atomic mass is 32.1. The third-order valence-electron chi connectivity index (χ3n) is 4.53. The minimum absolute atomic E-state index is 0.0656. The third kappa shape index (κ3) is 6.04. The molecular formula is C22H21F3N2O3S. The molecule has 0 bridgehead atoms. The lowest BCUT2D eigenvalue weighted by Gasteiger charge is -2.15. The van der Waals surface area contributed by atoms with Crippen molar-refractivity contribution in [1.82, 2.24) is 9.97 Å². The zero-order chi connectivity index (χ0) is 22.4. The molecule has 0 saturated carbocycles. The summed E-state index contributed by atoms with van der Waals surface area (Å²) in [6.07, 6.45) is -0.468. The van der Waals surface area contributed by atoms with Crippen molar-refractivity contribution in [3.63, 3.8) is 0 Å². The van der Waals surface area contributed by atoms with Gasteiger partial charge in [0.25, 0.3) is 0 Å². The van der Waals surface area contributed by atoms with E-state index in [2.05, 4.69) is 9.97 Å². The molecule has 31 heavy (non-hydrogen) atoms. The van der Waals surface area contributed by atoms with E-state index < -0.39 is 17.7 Å². The number of ether oxygens (including phenoxy) is 1. The Morgan fingerprint density at radius 2 is 1.97 bits per heavy atom. The van der Waals surface area contributed by atoms with Crippen LogP contribution in [0.25, 0.3) is 11.4 Å². The molecule has 3 rings (SSSR count). The first kappa shape index (κ1) is 22.7. The lowest BCUT2D eigenvalue weighted by atomic mass is 10.1. The molecule has 0 saturated heterocycles. The van der Waals surface area contributed by atoms with E-state index in [-0.39, 0.29) is 24.3 Å². The zero-order valence-electron chi connectivity index (χ0n) is 16.8. The van der Waals surface area contributed by atoms with Crippen LogP contribution in [-0.2, 0) is 12.6 Å². The molecule has 0 aliphatic rings. The van der Waals surface area contributed by atoms with Crippen molar-refractivity contribution in [3.05, 3.63) is 63.6 Å². The topological polar surface area (TPSA) is 72.3 Å². The van der Waals surface area contributed by atoms with Gasteiger partial charge in [-0.1, -0.05) is 25.8 Å². The molecule has 3 aromatic rings. The zero-order valence-corrected chi connectivity index (χ0v) is 17.6. The number of thiazole rings is 1. The lowest BCUT2D eigenvalue weighted by Crippen LogP contribution is -2.10. The van der Waals surface area contributed by atoms with E-state index in [4.69, 9.17) is 9.84 Å². The third-order valence-corrected chi connectivity index (χ3v) is 5.38. The quantitative estimate of drug-likeness (QED) is 0.400. The number of hydrogen-bond acceptors (Lipinski definition) is 5. The Balaban J connectivity index is 1.75. The van der Waals surface area contributed by atoms with Crippen molar-refractivity contribution in [2.24, 2.45) is 0 Å². The molecule has 2 heterocycles. The Morgan fingerprint density at radius 1 is 1.16 bits per heavy atom. The molecule has 5 nitrogen and oxygen atoms in total. The number of unbranched alkanes of at least 4 members (excludes halogenated alkanes) is 2. The van der Waals surface area contributed by atoms with Crippen molar-refractivity contribution in [1.29, 1.82) is 0 Å². The summed E-state index contributed by atoms with van der Waals surface area (Å²) in [6, 6.07) is 7.07. The van der Waals surface area contributed by atoms with Gasteiger partial charge in [-0.05, 0) is 36.2 Å². The number of rotatable bonds is 9. The fourth-order valence-electron chi connectivity index (χ4n) is 2.92. The summed E-state index contributed by atoms with van der Waals surface area (Å²) in [5, 5.41) is 11.3. The van der Waals surface area contributed by atoms with Crippen LogP contribution in [0.1, 0.15) is 52.7 Å². The molecule has 1 N–H and O–H groups in total. The number of nitrogens with zero attached hydrogens (tertiary/aromatic N) is 2. The molecule has 0 radical (unpaired) electrons. The minimum Gasteiger partial charge on any atom is -0.493 e. The number of hydrogen-bond donors (Lipinski definition) is 1. The fourth-order valence-corrected chi connectivity index (χ4v) is 3.75. The average Bonchev–Trinajstić information content (AvgIpc) is 3.20. The summed E-state index contributed by atoms with van der Waals surface area (Å²) in [6.45, 7) is 2.26. The van der Waals surface area contributed by atoms with Crippen LogP contribution in [0, 0.1) is 0 Å². The first-order chi connectivity index (χ1) is 14.8. The Labute approximate surface area is 181 Å². The van der Waals surface area contributed by atoms with Gasteiger partial charge in [-0.25, -0.2) is 9.78 Å². The molecule has 0 fully saturated rings. The van der Waals surface area contributed by atoms with Crippen LogP contribution in [-0.4, -0.2) is 27.7 Å². The molecule has 9 heteroatoms. The van der Waals surface area contributed by atoms with E-state index in [1.165, 1.54) is 29.7 Å². The molecular weight excluding hydrogens is 429 g/mol. The van der Waals surface area contributed by atoms with Gasteiger partial charge in [-0.3, -0.25) is 4.98 Å². The van der Waals surface area contributed by atoms with Crippen LogP contribution in [0.5, 0.6) is 5.75 Å². The maximum absolute atomic E-state index is 13.5. The summed E-state index contributed by atoms with van der Waals surface area (Å²) in [7, 11) is 0. The predicted molar refractivity (Wildman–Crippen MR) is 112 cm³/mol. The number of carbonyl (C=O) groups is 1. The Kier molecular flexibility index (Phi) is 7.27. The van der Waals surface area contributed by atoms with Gasteiger partial charge in [0.2, 0.25) is 0 Å². The second-order valence-corrected chi connectivity index (χ2v) is 7.87. The summed E-state index contributed by atoms with van der Waals surface area (Å²) < 4.78 is 45.9. The first-order valence-corrected chi connectivity index (χ1v) is 10.6. The van der Waals surface area contributed by atoms with Crippen LogP contribution in [0.2, 0.25) is 0 Å². The van der Waals surface area contributed by atoms with Gasteiger partial charge in [0.05, 0.1) is 34.1 Å². The van der Waals surface area contributed by atoms with Gasteiger partial charge in [0.1, 0.15) is 5.75 Å². The smallest absolute Gasteiger partial charge is 0.419 e. The Hall–Kier alpha value is -2.94. The Bertz CT molecular complexity index is 1030. The summed E-state index contributed by atoms with van der Waals surface area (Å²) >= 11 is 1.31. The maximum atomic E-state index is 13.5. The highest BCUT2D eigenvalue weighted by Gasteiger charge is 2.34. The maximum Gasteiger partial charge on any atom is 0.419 e. The molecule has 0 atom stereocenters. The van der Waals surface area contributed by atoms with E-state index in [0.717, 1.165) is 18.9 Å². The second kappa shape index (κ2) is 9.91. The van der Waals surface area contributed by atoms with Crippen LogP contribution in [0.3, 0.4) is 0 Å². The highest BCUT2D eigenvalue weighted by Crippen LogP contribution is 2.37. The largest absolute Gasteiger partial charge is 0.493 e. The van der Waals surface area contributed by atoms with Gasteiger partial charge in [-0.2, -0.15) is 13.2 Å². The summed E-state index contributed by atoms with van der Waals surface area (Å²) in [5.41, 5.74) is 0.798. The molecule has 164 valence electrons. The van der Waals surface area contributed by atoms with E-state index in [9.17, 15) is 18.0 Å². The van der Waals surface area contributed by atoms with Gasteiger partial charge >= 0.3 is 12.1 Å². The van der Waals surface area contributed by atoms with Crippen LogP contribution in [0.15, 0.2) is 41.9 Å². The van der Waals surface area contributed by atoms with Crippen molar-refractivity contribution < 1.29 is 27.8 Å². The van der Waals surface area contributed by atoms with Gasteiger partial charge in [0.15, 0.2) is 0 Å². The van der Waals surface area contributed by atoms with Crippen molar-refractivity contribution in [2.75, 3.05) is 6.61 Å². The molecule has 1 aromatic carbocycles. The summed E-state index contributed by atoms with van der Waals surface area (Å²) in [5.74, 6) is -1.23. The molecule has 0 unspecified atom stereocenters. The Morgan fingerprint density at radius 3 is 2.61 bits per heavy atom. The monoisotopic (exact) mass is 450 g/mol. The van der Waals surface area contributed by atoms with Gasteiger partial charge in [0, 0.05) is 18.0 Å². The number of pyridine rings is 1. The van der Waals surface area contributed by atoms with E-state index in [1.54, 1.807) is 17.5 Å². The highest BCUT2D eigenvalue weighted by molar-refractivity contribution is 7.10. The fraction of sp³-hybridized carbons (Fsp3) is 0.318. The van der Waals surface area contributed by atoms with E-state index in [0.29, 0.717) is 28.4 Å². The second-order valence-electron chi connectivity index (χ2n) is 6.92. The first-order valence-electron chi connectivity index (χ1n) is 9.75. The summed E-state index contributed by atoms with van der Waals surface area (Å²) in [4.78, 5) is 19.4. The number of benzene rings is 1.